The van der Waals surface area contributed by atoms with Gasteiger partial charge in [0.2, 0.25) is 0 Å². The maximum atomic E-state index is 6.04. The third kappa shape index (κ3) is 2.72. The Balaban J connectivity index is 2.01. The van der Waals surface area contributed by atoms with Crippen LogP contribution in [0.25, 0.3) is 11.0 Å². The molecule has 4 heteroatoms. The summed E-state index contributed by atoms with van der Waals surface area (Å²) in [4.78, 5) is 0. The summed E-state index contributed by atoms with van der Waals surface area (Å²) in [5.41, 5.74) is 3.31. The molecule has 0 aliphatic heterocycles. The quantitative estimate of drug-likeness (QED) is 0.777. The molecule has 3 rings (SSSR count). The van der Waals surface area contributed by atoms with Crippen LogP contribution in [-0.4, -0.2) is 16.3 Å². The number of hydrogen-bond acceptors (Lipinski definition) is 3. The van der Waals surface area contributed by atoms with E-state index in [2.05, 4.69) is 55.6 Å². The Hall–Kier alpha value is -2.07. The van der Waals surface area contributed by atoms with Gasteiger partial charge in [-0.2, -0.15) is 5.10 Å². The highest BCUT2D eigenvalue weighted by Crippen LogP contribution is 2.28. The fraction of sp³-hybridized carbons (Fsp3) is 0.353. The van der Waals surface area contributed by atoms with E-state index in [4.69, 9.17) is 4.42 Å². The Bertz CT molecular complexity index is 741. The normalized spacial score (nSPS) is 12.9. The van der Waals surface area contributed by atoms with Crippen molar-refractivity contribution in [1.82, 2.24) is 15.1 Å². The number of nitrogens with one attached hydrogen (secondary N) is 1. The number of nitrogens with zero attached hydrogens (tertiary/aromatic N) is 2. The molecule has 0 saturated carbocycles. The van der Waals surface area contributed by atoms with Gasteiger partial charge in [-0.3, -0.25) is 4.68 Å². The van der Waals surface area contributed by atoms with E-state index in [0.717, 1.165) is 35.4 Å². The summed E-state index contributed by atoms with van der Waals surface area (Å²) >= 11 is 0. The molecule has 1 aromatic carbocycles. The van der Waals surface area contributed by atoms with Gasteiger partial charge in [0.05, 0.1) is 12.2 Å². The highest BCUT2D eigenvalue weighted by Gasteiger charge is 2.19. The average molecular weight is 283 g/mol. The average Bonchev–Trinajstić information content (AvgIpc) is 3.10. The van der Waals surface area contributed by atoms with Gasteiger partial charge < -0.3 is 9.73 Å². The SMILES string of the molecule is CCNC(c1cnn(CC)c1)c1cc2cc(C)ccc2o1. The molecule has 1 atom stereocenters. The van der Waals surface area contributed by atoms with Crippen molar-refractivity contribution in [2.45, 2.75) is 33.4 Å². The second kappa shape index (κ2) is 5.74. The van der Waals surface area contributed by atoms with E-state index in [-0.39, 0.29) is 6.04 Å². The summed E-state index contributed by atoms with van der Waals surface area (Å²) in [6.45, 7) is 8.03. The molecular formula is C17H21N3O. The van der Waals surface area contributed by atoms with E-state index in [1.165, 1.54) is 5.56 Å². The molecule has 2 aromatic heterocycles. The summed E-state index contributed by atoms with van der Waals surface area (Å²) < 4.78 is 7.97. The summed E-state index contributed by atoms with van der Waals surface area (Å²) in [5.74, 6) is 0.938. The molecule has 0 bridgehead atoms. The van der Waals surface area contributed by atoms with Crippen LogP contribution in [0.2, 0.25) is 0 Å². The van der Waals surface area contributed by atoms with Crippen LogP contribution in [-0.2, 0) is 6.54 Å². The van der Waals surface area contributed by atoms with Crippen LogP contribution >= 0.6 is 0 Å². The van der Waals surface area contributed by atoms with Gasteiger partial charge >= 0.3 is 0 Å². The largest absolute Gasteiger partial charge is 0.459 e. The molecule has 4 nitrogen and oxygen atoms in total. The fourth-order valence-corrected chi connectivity index (χ4v) is 2.61. The molecule has 1 unspecified atom stereocenters. The van der Waals surface area contributed by atoms with Crippen molar-refractivity contribution >= 4 is 11.0 Å². The minimum Gasteiger partial charge on any atom is -0.459 e. The molecular weight excluding hydrogens is 262 g/mol. The molecule has 0 spiro atoms. The van der Waals surface area contributed by atoms with Gasteiger partial charge in [-0.15, -0.1) is 0 Å². The van der Waals surface area contributed by atoms with Crippen molar-refractivity contribution in [2.24, 2.45) is 0 Å². The van der Waals surface area contributed by atoms with Crippen LogP contribution in [0.15, 0.2) is 41.1 Å². The summed E-state index contributed by atoms with van der Waals surface area (Å²) in [7, 11) is 0. The Labute approximate surface area is 124 Å². The molecule has 110 valence electrons. The standard InChI is InChI=1S/C17H21N3O/c1-4-18-17(14-10-19-20(5-2)11-14)16-9-13-8-12(3)6-7-15(13)21-16/h6-11,17-18H,4-5H2,1-3H3. The first-order chi connectivity index (χ1) is 10.2. The molecule has 3 aromatic rings. The first-order valence-electron chi connectivity index (χ1n) is 7.47. The van der Waals surface area contributed by atoms with Gasteiger partial charge in [-0.1, -0.05) is 18.6 Å². The van der Waals surface area contributed by atoms with E-state index in [1.807, 2.05) is 16.9 Å². The van der Waals surface area contributed by atoms with Crippen molar-refractivity contribution in [1.29, 1.82) is 0 Å². The predicted octanol–water partition coefficient (Wildman–Crippen LogP) is 3.66. The smallest absolute Gasteiger partial charge is 0.134 e. The van der Waals surface area contributed by atoms with Crippen molar-refractivity contribution < 1.29 is 4.42 Å². The van der Waals surface area contributed by atoms with Crippen LogP contribution in [0, 0.1) is 6.92 Å². The van der Waals surface area contributed by atoms with Crippen molar-refractivity contribution in [3.63, 3.8) is 0 Å². The predicted molar refractivity (Wildman–Crippen MR) is 84.4 cm³/mol. The van der Waals surface area contributed by atoms with Crippen LogP contribution in [0.5, 0.6) is 0 Å². The van der Waals surface area contributed by atoms with Crippen LogP contribution < -0.4 is 5.32 Å². The van der Waals surface area contributed by atoms with Gasteiger partial charge in [-0.25, -0.2) is 0 Å². The lowest BCUT2D eigenvalue weighted by molar-refractivity contribution is 0.477. The zero-order valence-electron chi connectivity index (χ0n) is 12.8. The molecule has 0 saturated heterocycles. The van der Waals surface area contributed by atoms with Gasteiger partial charge in [0, 0.05) is 23.7 Å². The number of aromatic nitrogens is 2. The second-order valence-corrected chi connectivity index (χ2v) is 5.31. The fourth-order valence-electron chi connectivity index (χ4n) is 2.61. The number of hydrogen-bond donors (Lipinski definition) is 1. The first-order valence-corrected chi connectivity index (χ1v) is 7.47. The van der Waals surface area contributed by atoms with Crippen molar-refractivity contribution in [2.75, 3.05) is 6.54 Å². The molecule has 21 heavy (non-hydrogen) atoms. The van der Waals surface area contributed by atoms with E-state index in [0.29, 0.717) is 0 Å². The molecule has 0 aliphatic carbocycles. The third-order valence-electron chi connectivity index (χ3n) is 3.69. The highest BCUT2D eigenvalue weighted by atomic mass is 16.3. The van der Waals surface area contributed by atoms with E-state index in [1.54, 1.807) is 0 Å². The summed E-state index contributed by atoms with van der Waals surface area (Å²) in [6, 6.07) is 8.43. The third-order valence-corrected chi connectivity index (χ3v) is 3.69. The molecule has 0 aliphatic rings. The Morgan fingerprint density at radius 2 is 2.14 bits per heavy atom. The van der Waals surface area contributed by atoms with Gasteiger partial charge in [0.15, 0.2) is 0 Å². The number of furan rings is 1. The van der Waals surface area contributed by atoms with Crippen molar-refractivity contribution in [3.05, 3.63) is 53.5 Å². The molecule has 2 heterocycles. The van der Waals surface area contributed by atoms with Crippen molar-refractivity contribution in [3.8, 4) is 0 Å². The molecule has 0 amide bonds. The molecule has 0 fully saturated rings. The molecule has 0 radical (unpaired) electrons. The number of rotatable bonds is 5. The molecule has 1 N–H and O–H groups in total. The minimum absolute atomic E-state index is 0.0445. The van der Waals surface area contributed by atoms with E-state index < -0.39 is 0 Å². The van der Waals surface area contributed by atoms with Crippen LogP contribution in [0.3, 0.4) is 0 Å². The van der Waals surface area contributed by atoms with E-state index >= 15 is 0 Å². The Morgan fingerprint density at radius 3 is 2.86 bits per heavy atom. The maximum absolute atomic E-state index is 6.04. The van der Waals surface area contributed by atoms with Crippen LogP contribution in [0.4, 0.5) is 0 Å². The lowest BCUT2D eigenvalue weighted by Gasteiger charge is -2.13. The zero-order valence-corrected chi connectivity index (χ0v) is 12.8. The summed E-state index contributed by atoms with van der Waals surface area (Å²) in [5, 5.41) is 9.00. The highest BCUT2D eigenvalue weighted by molar-refractivity contribution is 5.78. The van der Waals surface area contributed by atoms with Crippen LogP contribution in [0.1, 0.15) is 36.8 Å². The Morgan fingerprint density at radius 1 is 1.29 bits per heavy atom. The first kappa shape index (κ1) is 13.9. The van der Waals surface area contributed by atoms with Gasteiger partial charge in [0.25, 0.3) is 0 Å². The number of fused-ring (bicyclic) bond motifs is 1. The number of aryl methyl sites for hydroxylation is 2. The zero-order chi connectivity index (χ0) is 14.8. The second-order valence-electron chi connectivity index (χ2n) is 5.31. The summed E-state index contributed by atoms with van der Waals surface area (Å²) in [6.07, 6.45) is 3.99. The topological polar surface area (TPSA) is 43.0 Å². The van der Waals surface area contributed by atoms with Gasteiger partial charge in [0.1, 0.15) is 11.3 Å². The van der Waals surface area contributed by atoms with Gasteiger partial charge in [-0.05, 0) is 38.6 Å². The number of benzene rings is 1. The lowest BCUT2D eigenvalue weighted by Crippen LogP contribution is -2.21. The minimum atomic E-state index is 0.0445. The maximum Gasteiger partial charge on any atom is 0.134 e. The lowest BCUT2D eigenvalue weighted by atomic mass is 10.1. The Kier molecular flexibility index (Phi) is 3.80. The van der Waals surface area contributed by atoms with E-state index in [9.17, 15) is 0 Å². The monoisotopic (exact) mass is 283 g/mol.